The molecule has 0 radical (unpaired) electrons. The van der Waals surface area contributed by atoms with E-state index in [1.165, 1.54) is 7.11 Å². The number of methoxy groups -OCH3 is 1. The number of rotatable bonds is 3. The van der Waals surface area contributed by atoms with Crippen LogP contribution in [0.2, 0.25) is 5.02 Å². The number of carbonyl (C=O) groups excluding carboxylic acids is 1. The molecule has 0 spiro atoms. The summed E-state index contributed by atoms with van der Waals surface area (Å²) in [5, 5.41) is 10.7. The summed E-state index contributed by atoms with van der Waals surface area (Å²) in [4.78, 5) is 10.3. The Morgan fingerprint density at radius 2 is 2.23 bits per heavy atom. The van der Waals surface area contributed by atoms with E-state index in [1.54, 1.807) is 18.2 Å². The van der Waals surface area contributed by atoms with Gasteiger partial charge in [0.1, 0.15) is 5.75 Å². The van der Waals surface area contributed by atoms with Gasteiger partial charge in [0.2, 0.25) is 0 Å². The Labute approximate surface area is 80.9 Å². The van der Waals surface area contributed by atoms with Gasteiger partial charge in [0.05, 0.1) is 7.11 Å². The predicted octanol–water partition coefficient (Wildman–Crippen LogP) is 0.641. The third-order valence-corrected chi connectivity index (χ3v) is 1.73. The number of carboxylic acids is 1. The maximum absolute atomic E-state index is 10.3. The molecule has 0 atom stereocenters. The summed E-state index contributed by atoms with van der Waals surface area (Å²) >= 11 is 5.72. The van der Waals surface area contributed by atoms with Gasteiger partial charge in [-0.25, -0.2) is 0 Å². The van der Waals surface area contributed by atoms with Gasteiger partial charge in [-0.2, -0.15) is 0 Å². The van der Waals surface area contributed by atoms with Crippen LogP contribution in [0.4, 0.5) is 0 Å². The molecule has 0 aliphatic rings. The Balaban J connectivity index is 2.94. The summed E-state index contributed by atoms with van der Waals surface area (Å²) in [5.74, 6) is -0.590. The Morgan fingerprint density at radius 3 is 2.77 bits per heavy atom. The standard InChI is InChI=1S/C9H9ClO3/c1-13-8-3-6(4-9(11)12)2-7(10)5-8/h2-3,5H,4H2,1H3,(H,11,12)/p-1. The number of aliphatic carboxylic acids is 1. The minimum Gasteiger partial charge on any atom is -0.550 e. The van der Waals surface area contributed by atoms with E-state index < -0.39 is 5.97 Å². The van der Waals surface area contributed by atoms with Crippen LogP contribution in [0.3, 0.4) is 0 Å². The Bertz CT molecular complexity index is 323. The molecule has 0 bridgehead atoms. The summed E-state index contributed by atoms with van der Waals surface area (Å²) in [6.45, 7) is 0. The van der Waals surface area contributed by atoms with Gasteiger partial charge < -0.3 is 14.6 Å². The highest BCUT2D eigenvalue weighted by Crippen LogP contribution is 2.20. The zero-order valence-corrected chi connectivity index (χ0v) is 7.80. The van der Waals surface area contributed by atoms with Crippen LogP contribution in [0.15, 0.2) is 18.2 Å². The molecule has 1 rings (SSSR count). The molecule has 0 saturated carbocycles. The maximum Gasteiger partial charge on any atom is 0.120 e. The van der Waals surface area contributed by atoms with Crippen molar-refractivity contribution in [3.8, 4) is 5.75 Å². The van der Waals surface area contributed by atoms with Crippen LogP contribution in [0.5, 0.6) is 5.75 Å². The second kappa shape index (κ2) is 4.14. The van der Waals surface area contributed by atoms with Crippen LogP contribution in [-0.4, -0.2) is 13.1 Å². The molecule has 0 amide bonds. The lowest BCUT2D eigenvalue weighted by Crippen LogP contribution is -2.24. The van der Waals surface area contributed by atoms with Crippen molar-refractivity contribution in [2.24, 2.45) is 0 Å². The SMILES string of the molecule is COc1cc(Cl)cc(CC(=O)[O-])c1. The van der Waals surface area contributed by atoms with Crippen LogP contribution in [0.1, 0.15) is 5.56 Å². The number of benzene rings is 1. The van der Waals surface area contributed by atoms with E-state index in [4.69, 9.17) is 16.3 Å². The van der Waals surface area contributed by atoms with E-state index in [-0.39, 0.29) is 6.42 Å². The van der Waals surface area contributed by atoms with Gasteiger partial charge in [-0.05, 0) is 23.8 Å². The van der Waals surface area contributed by atoms with Crippen molar-refractivity contribution in [2.75, 3.05) is 7.11 Å². The molecule has 4 heteroatoms. The fourth-order valence-corrected chi connectivity index (χ4v) is 1.26. The van der Waals surface area contributed by atoms with E-state index >= 15 is 0 Å². The minimum atomic E-state index is -1.13. The molecule has 0 N–H and O–H groups in total. The van der Waals surface area contributed by atoms with Crippen molar-refractivity contribution < 1.29 is 14.6 Å². The summed E-state index contributed by atoms with van der Waals surface area (Å²) in [5.41, 5.74) is 0.573. The third-order valence-electron chi connectivity index (χ3n) is 1.52. The highest BCUT2D eigenvalue weighted by molar-refractivity contribution is 6.30. The van der Waals surface area contributed by atoms with Gasteiger partial charge in [-0.3, -0.25) is 0 Å². The van der Waals surface area contributed by atoms with Crippen LogP contribution in [0, 0.1) is 0 Å². The number of hydrogen-bond acceptors (Lipinski definition) is 3. The second-order valence-electron chi connectivity index (χ2n) is 2.55. The first-order chi connectivity index (χ1) is 6.11. The number of hydrogen-bond donors (Lipinski definition) is 0. The minimum absolute atomic E-state index is 0.156. The van der Waals surface area contributed by atoms with Gasteiger partial charge in [-0.1, -0.05) is 11.6 Å². The molecule has 0 aliphatic heterocycles. The summed E-state index contributed by atoms with van der Waals surface area (Å²) < 4.78 is 4.92. The molecule has 0 heterocycles. The van der Waals surface area contributed by atoms with E-state index in [0.717, 1.165) is 0 Å². The Hall–Kier alpha value is -1.22. The summed E-state index contributed by atoms with van der Waals surface area (Å²) in [7, 11) is 1.49. The molecule has 3 nitrogen and oxygen atoms in total. The van der Waals surface area contributed by atoms with Gasteiger partial charge in [0.25, 0.3) is 0 Å². The maximum atomic E-state index is 10.3. The molecule has 13 heavy (non-hydrogen) atoms. The predicted molar refractivity (Wildman–Crippen MR) is 46.7 cm³/mol. The highest BCUT2D eigenvalue weighted by Gasteiger charge is 1.99. The van der Waals surface area contributed by atoms with Crippen molar-refractivity contribution in [1.82, 2.24) is 0 Å². The molecule has 1 aromatic carbocycles. The molecule has 0 saturated heterocycles. The van der Waals surface area contributed by atoms with Gasteiger partial charge in [-0.15, -0.1) is 0 Å². The number of carbonyl (C=O) groups is 1. The monoisotopic (exact) mass is 199 g/mol. The normalized spacial score (nSPS) is 9.69. The topological polar surface area (TPSA) is 49.4 Å². The first-order valence-electron chi connectivity index (χ1n) is 3.65. The van der Waals surface area contributed by atoms with Crippen molar-refractivity contribution in [2.45, 2.75) is 6.42 Å². The van der Waals surface area contributed by atoms with Crippen LogP contribution in [0.25, 0.3) is 0 Å². The molecule has 70 valence electrons. The quantitative estimate of drug-likeness (QED) is 0.718. The van der Waals surface area contributed by atoms with Crippen molar-refractivity contribution in [3.63, 3.8) is 0 Å². The van der Waals surface area contributed by atoms with Gasteiger partial charge in [0, 0.05) is 17.4 Å². The molecule has 0 fully saturated rings. The number of halogens is 1. The van der Waals surface area contributed by atoms with Crippen molar-refractivity contribution in [1.29, 1.82) is 0 Å². The zero-order valence-electron chi connectivity index (χ0n) is 7.04. The zero-order chi connectivity index (χ0) is 9.84. The summed E-state index contributed by atoms with van der Waals surface area (Å²) in [6.07, 6.45) is -0.156. The first-order valence-corrected chi connectivity index (χ1v) is 4.03. The van der Waals surface area contributed by atoms with E-state index in [2.05, 4.69) is 0 Å². The first kappa shape index (κ1) is 9.86. The van der Waals surface area contributed by atoms with Crippen molar-refractivity contribution >= 4 is 17.6 Å². The molecule has 0 unspecified atom stereocenters. The largest absolute Gasteiger partial charge is 0.550 e. The lowest BCUT2D eigenvalue weighted by molar-refractivity contribution is -0.304. The van der Waals surface area contributed by atoms with E-state index in [1.807, 2.05) is 0 Å². The molecule has 0 aromatic heterocycles. The van der Waals surface area contributed by atoms with Crippen LogP contribution in [-0.2, 0) is 11.2 Å². The van der Waals surface area contributed by atoms with Gasteiger partial charge >= 0.3 is 0 Å². The lowest BCUT2D eigenvalue weighted by Gasteiger charge is -2.06. The van der Waals surface area contributed by atoms with E-state index in [0.29, 0.717) is 16.3 Å². The molecular weight excluding hydrogens is 192 g/mol. The Morgan fingerprint density at radius 1 is 1.54 bits per heavy atom. The molecule has 0 aliphatic carbocycles. The summed E-state index contributed by atoms with van der Waals surface area (Å²) in [6, 6.07) is 4.79. The fraction of sp³-hybridized carbons (Fsp3) is 0.222. The van der Waals surface area contributed by atoms with Crippen LogP contribution >= 0.6 is 11.6 Å². The fourth-order valence-electron chi connectivity index (χ4n) is 1.01. The molecule has 1 aromatic rings. The number of ether oxygens (including phenoxy) is 1. The lowest BCUT2D eigenvalue weighted by atomic mass is 10.1. The van der Waals surface area contributed by atoms with Gasteiger partial charge in [0.15, 0.2) is 0 Å². The average molecular weight is 200 g/mol. The Kier molecular flexibility index (Phi) is 3.14. The number of carboxylic acid groups (broad SMARTS) is 1. The van der Waals surface area contributed by atoms with Crippen molar-refractivity contribution in [3.05, 3.63) is 28.8 Å². The molecular formula is C9H8ClO3-. The average Bonchev–Trinajstić information content (AvgIpc) is 2.01. The van der Waals surface area contributed by atoms with E-state index in [9.17, 15) is 9.90 Å². The highest BCUT2D eigenvalue weighted by atomic mass is 35.5. The second-order valence-corrected chi connectivity index (χ2v) is 2.98. The smallest absolute Gasteiger partial charge is 0.120 e. The third kappa shape index (κ3) is 2.95. The van der Waals surface area contributed by atoms with Crippen LogP contribution < -0.4 is 9.84 Å².